The van der Waals surface area contributed by atoms with Gasteiger partial charge >= 0.3 is 6.18 Å². The Balaban J connectivity index is 4.61. The highest BCUT2D eigenvalue weighted by molar-refractivity contribution is 4.82. The van der Waals surface area contributed by atoms with E-state index in [9.17, 15) is 13.2 Å². The zero-order chi connectivity index (χ0) is 13.5. The number of rotatable bonds is 8. The number of nitrogens with zero attached hydrogens (tertiary/aromatic N) is 1. The monoisotopic (exact) mass is 254 g/mol. The van der Waals surface area contributed by atoms with Crippen LogP contribution in [0.1, 0.15) is 46.5 Å². The Morgan fingerprint density at radius 3 is 2.06 bits per heavy atom. The molecule has 0 fully saturated rings. The highest BCUT2D eigenvalue weighted by Crippen LogP contribution is 2.21. The van der Waals surface area contributed by atoms with Crippen LogP contribution in [-0.4, -0.2) is 36.2 Å². The third-order valence-electron chi connectivity index (χ3n) is 2.90. The summed E-state index contributed by atoms with van der Waals surface area (Å²) in [4.78, 5) is 1.49. The topological polar surface area (TPSA) is 29.3 Å². The summed E-state index contributed by atoms with van der Waals surface area (Å²) >= 11 is 0. The minimum absolute atomic E-state index is 0.168. The van der Waals surface area contributed by atoms with Gasteiger partial charge in [-0.1, -0.05) is 27.2 Å². The van der Waals surface area contributed by atoms with Crippen molar-refractivity contribution < 1.29 is 13.2 Å². The Kier molecular flexibility index (Phi) is 7.79. The molecule has 0 aromatic carbocycles. The van der Waals surface area contributed by atoms with Gasteiger partial charge in [-0.05, 0) is 25.8 Å². The molecule has 104 valence electrons. The van der Waals surface area contributed by atoms with Crippen LogP contribution < -0.4 is 5.73 Å². The van der Waals surface area contributed by atoms with Crippen molar-refractivity contribution in [1.29, 1.82) is 0 Å². The molecule has 0 spiro atoms. The molecular weight excluding hydrogens is 229 g/mol. The first-order valence-corrected chi connectivity index (χ1v) is 6.42. The number of hydrogen-bond donors (Lipinski definition) is 1. The molecule has 0 aromatic rings. The van der Waals surface area contributed by atoms with E-state index >= 15 is 0 Å². The smallest absolute Gasteiger partial charge is 0.326 e. The fourth-order valence-corrected chi connectivity index (χ4v) is 2.24. The van der Waals surface area contributed by atoms with Crippen LogP contribution in [0, 0.1) is 0 Å². The first-order valence-electron chi connectivity index (χ1n) is 6.42. The molecular formula is C12H25F3N2. The third kappa shape index (κ3) is 6.88. The molecule has 0 aliphatic rings. The van der Waals surface area contributed by atoms with Gasteiger partial charge in [-0.25, -0.2) is 0 Å². The van der Waals surface area contributed by atoms with Crippen molar-refractivity contribution in [2.45, 2.75) is 64.7 Å². The van der Waals surface area contributed by atoms with Crippen LogP contribution in [0.2, 0.25) is 0 Å². The van der Waals surface area contributed by atoms with Gasteiger partial charge in [-0.15, -0.1) is 0 Å². The highest BCUT2D eigenvalue weighted by Gasteiger charge is 2.34. The van der Waals surface area contributed by atoms with Gasteiger partial charge in [0.2, 0.25) is 0 Å². The van der Waals surface area contributed by atoms with E-state index in [1.807, 2.05) is 20.8 Å². The maximum absolute atomic E-state index is 12.5. The first kappa shape index (κ1) is 16.7. The standard InChI is InChI=1S/C12H25F3N2/c1-4-7-10(16)11(6-3)17(8-5-2)9-12(13,14)15/h10-11H,4-9,16H2,1-3H3. The van der Waals surface area contributed by atoms with E-state index in [2.05, 4.69) is 0 Å². The summed E-state index contributed by atoms with van der Waals surface area (Å²) in [5, 5.41) is 0. The Morgan fingerprint density at radius 2 is 1.71 bits per heavy atom. The lowest BCUT2D eigenvalue weighted by atomic mass is 10.00. The predicted octanol–water partition coefficient (Wildman–Crippen LogP) is 3.17. The van der Waals surface area contributed by atoms with Crippen molar-refractivity contribution in [2.24, 2.45) is 5.73 Å². The van der Waals surface area contributed by atoms with Crippen molar-refractivity contribution in [3.8, 4) is 0 Å². The number of halogens is 3. The summed E-state index contributed by atoms with van der Waals surface area (Å²) in [6, 6.07) is -0.338. The van der Waals surface area contributed by atoms with Crippen LogP contribution in [0.4, 0.5) is 13.2 Å². The molecule has 2 nitrogen and oxygen atoms in total. The molecule has 0 bridgehead atoms. The average Bonchev–Trinajstić information content (AvgIpc) is 2.17. The Labute approximate surface area is 102 Å². The van der Waals surface area contributed by atoms with Gasteiger partial charge in [0.15, 0.2) is 0 Å². The molecule has 0 saturated heterocycles. The Bertz CT molecular complexity index is 195. The van der Waals surface area contributed by atoms with Crippen molar-refractivity contribution in [3.63, 3.8) is 0 Å². The number of hydrogen-bond acceptors (Lipinski definition) is 2. The molecule has 2 atom stereocenters. The van der Waals surface area contributed by atoms with Crippen LogP contribution in [0.5, 0.6) is 0 Å². The largest absolute Gasteiger partial charge is 0.401 e. The summed E-state index contributed by atoms with van der Waals surface area (Å²) in [5.74, 6) is 0. The number of alkyl halides is 3. The molecule has 0 heterocycles. The fraction of sp³-hybridized carbons (Fsp3) is 1.00. The molecule has 5 heteroatoms. The van der Waals surface area contributed by atoms with E-state index in [0.717, 1.165) is 12.8 Å². The van der Waals surface area contributed by atoms with Crippen molar-refractivity contribution >= 4 is 0 Å². The van der Waals surface area contributed by atoms with Crippen molar-refractivity contribution in [2.75, 3.05) is 13.1 Å². The predicted molar refractivity (Wildman–Crippen MR) is 64.9 cm³/mol. The van der Waals surface area contributed by atoms with Crippen molar-refractivity contribution in [3.05, 3.63) is 0 Å². The molecule has 2 N–H and O–H groups in total. The maximum atomic E-state index is 12.5. The minimum atomic E-state index is -4.14. The lowest BCUT2D eigenvalue weighted by Gasteiger charge is -2.35. The summed E-state index contributed by atoms with van der Waals surface area (Å²) in [6.07, 6.45) is -1.09. The van der Waals surface area contributed by atoms with Crippen LogP contribution in [-0.2, 0) is 0 Å². The van der Waals surface area contributed by atoms with Crippen LogP contribution >= 0.6 is 0 Å². The molecule has 0 aromatic heterocycles. The average molecular weight is 254 g/mol. The van der Waals surface area contributed by atoms with E-state index in [0.29, 0.717) is 19.4 Å². The SMILES string of the molecule is CCCC(N)C(CC)N(CCC)CC(F)(F)F. The molecule has 2 unspecified atom stereocenters. The lowest BCUT2D eigenvalue weighted by Crippen LogP contribution is -2.50. The molecule has 0 saturated carbocycles. The summed E-state index contributed by atoms with van der Waals surface area (Å²) < 4.78 is 37.5. The van der Waals surface area contributed by atoms with Gasteiger partial charge in [0.1, 0.15) is 0 Å². The highest BCUT2D eigenvalue weighted by atomic mass is 19.4. The summed E-state index contributed by atoms with van der Waals surface area (Å²) in [6.45, 7) is 5.40. The first-order chi connectivity index (χ1) is 7.85. The van der Waals surface area contributed by atoms with E-state index < -0.39 is 12.7 Å². The van der Waals surface area contributed by atoms with E-state index in [1.54, 1.807) is 0 Å². The second-order valence-corrected chi connectivity index (χ2v) is 4.51. The molecule has 0 rings (SSSR count). The van der Waals surface area contributed by atoms with Crippen LogP contribution in [0.15, 0.2) is 0 Å². The summed E-state index contributed by atoms with van der Waals surface area (Å²) in [7, 11) is 0. The van der Waals surface area contributed by atoms with Gasteiger partial charge in [0.05, 0.1) is 6.54 Å². The van der Waals surface area contributed by atoms with E-state index in [4.69, 9.17) is 5.73 Å². The minimum Gasteiger partial charge on any atom is -0.326 e. The molecule has 0 aliphatic carbocycles. The molecule has 0 radical (unpaired) electrons. The second-order valence-electron chi connectivity index (χ2n) is 4.51. The lowest BCUT2D eigenvalue weighted by molar-refractivity contribution is -0.152. The molecule has 0 aliphatic heterocycles. The Hall–Kier alpha value is -0.290. The van der Waals surface area contributed by atoms with Gasteiger partial charge in [0, 0.05) is 12.1 Å². The van der Waals surface area contributed by atoms with Crippen LogP contribution in [0.25, 0.3) is 0 Å². The number of nitrogens with two attached hydrogens (primary N) is 1. The second kappa shape index (κ2) is 7.93. The van der Waals surface area contributed by atoms with E-state index in [-0.39, 0.29) is 12.1 Å². The van der Waals surface area contributed by atoms with Gasteiger partial charge in [-0.2, -0.15) is 13.2 Å². The zero-order valence-corrected chi connectivity index (χ0v) is 11.1. The van der Waals surface area contributed by atoms with E-state index in [1.165, 1.54) is 4.90 Å². The summed E-state index contributed by atoms with van der Waals surface area (Å²) in [5.41, 5.74) is 5.98. The third-order valence-corrected chi connectivity index (χ3v) is 2.90. The van der Waals surface area contributed by atoms with Crippen molar-refractivity contribution in [1.82, 2.24) is 4.90 Å². The quantitative estimate of drug-likeness (QED) is 0.721. The Morgan fingerprint density at radius 1 is 1.12 bits per heavy atom. The normalized spacial score (nSPS) is 16.2. The molecule has 17 heavy (non-hydrogen) atoms. The molecule has 0 amide bonds. The van der Waals surface area contributed by atoms with Gasteiger partial charge < -0.3 is 5.73 Å². The van der Waals surface area contributed by atoms with Gasteiger partial charge in [-0.3, -0.25) is 4.90 Å². The fourth-order valence-electron chi connectivity index (χ4n) is 2.24. The zero-order valence-electron chi connectivity index (χ0n) is 11.1. The van der Waals surface area contributed by atoms with Crippen LogP contribution in [0.3, 0.4) is 0 Å². The maximum Gasteiger partial charge on any atom is 0.401 e. The van der Waals surface area contributed by atoms with Gasteiger partial charge in [0.25, 0.3) is 0 Å².